The third-order valence-corrected chi connectivity index (χ3v) is 5.44. The van der Waals surface area contributed by atoms with Gasteiger partial charge < -0.3 is 0 Å². The second-order valence-corrected chi connectivity index (χ2v) is 12.2. The predicted octanol–water partition coefficient (Wildman–Crippen LogP) is 4.03. The monoisotopic (exact) mass is 236 g/mol. The molecule has 0 bridgehead atoms. The highest BCUT2D eigenvalue weighted by molar-refractivity contribution is 6.76. The van der Waals surface area contributed by atoms with Crippen LogP contribution in [0.4, 0.5) is 0 Å². The highest BCUT2D eigenvalue weighted by Gasteiger charge is 2.34. The van der Waals surface area contributed by atoms with E-state index in [1.807, 2.05) is 0 Å². The minimum Gasteiger partial charge on any atom is -0.299 e. The number of hydrogen-bond acceptors (Lipinski definition) is 1. The molecule has 2 heteroatoms. The number of ketones is 1. The predicted molar refractivity (Wildman–Crippen MR) is 71.3 cm³/mol. The van der Waals surface area contributed by atoms with Crippen molar-refractivity contribution >= 4 is 13.9 Å². The van der Waals surface area contributed by atoms with Crippen molar-refractivity contribution in [3.8, 4) is 0 Å². The van der Waals surface area contributed by atoms with E-state index in [0.29, 0.717) is 17.6 Å². The van der Waals surface area contributed by atoms with Gasteiger partial charge in [0, 0.05) is 20.4 Å². The lowest BCUT2D eigenvalue weighted by Crippen LogP contribution is -2.32. The van der Waals surface area contributed by atoms with Crippen LogP contribution in [-0.4, -0.2) is 13.9 Å². The minimum atomic E-state index is -0.971. The Morgan fingerprint density at radius 1 is 1.38 bits per heavy atom. The molecule has 90 valence electrons. The van der Waals surface area contributed by atoms with E-state index in [1.54, 1.807) is 5.57 Å². The highest BCUT2D eigenvalue weighted by Crippen LogP contribution is 2.40. The van der Waals surface area contributed by atoms with Gasteiger partial charge >= 0.3 is 0 Å². The Kier molecular flexibility index (Phi) is 3.39. The Labute approximate surface area is 100 Å². The fourth-order valence-electron chi connectivity index (χ4n) is 3.30. The zero-order valence-corrected chi connectivity index (χ0v) is 11.9. The van der Waals surface area contributed by atoms with Gasteiger partial charge in [-0.05, 0) is 37.6 Å². The Bertz CT molecular complexity index is 311. The van der Waals surface area contributed by atoms with Crippen LogP contribution in [0.3, 0.4) is 0 Å². The normalized spacial score (nSPS) is 30.9. The smallest absolute Gasteiger partial charge is 0.136 e. The largest absolute Gasteiger partial charge is 0.299 e. The van der Waals surface area contributed by atoms with Crippen molar-refractivity contribution in [2.45, 2.75) is 57.8 Å². The average Bonchev–Trinajstić information content (AvgIpc) is 2.15. The Morgan fingerprint density at radius 2 is 2.12 bits per heavy atom. The van der Waals surface area contributed by atoms with Gasteiger partial charge in [-0.15, -0.1) is 0 Å². The maximum atomic E-state index is 11.8. The van der Waals surface area contributed by atoms with Crippen LogP contribution in [-0.2, 0) is 4.79 Å². The summed E-state index contributed by atoms with van der Waals surface area (Å²) in [5.74, 6) is 1.62. The third-order valence-electron chi connectivity index (χ3n) is 3.92. The maximum absolute atomic E-state index is 11.8. The molecule has 2 rings (SSSR count). The molecule has 1 saturated carbocycles. The molecule has 0 aliphatic heterocycles. The van der Waals surface area contributed by atoms with Crippen LogP contribution >= 0.6 is 0 Å². The molecule has 0 aromatic heterocycles. The van der Waals surface area contributed by atoms with Gasteiger partial charge in [0.1, 0.15) is 5.78 Å². The Hall–Kier alpha value is -0.373. The summed E-state index contributed by atoms with van der Waals surface area (Å²) in [5, 5.41) is 0. The zero-order chi connectivity index (χ0) is 11.8. The van der Waals surface area contributed by atoms with Gasteiger partial charge in [0.05, 0.1) is 0 Å². The van der Waals surface area contributed by atoms with Crippen LogP contribution in [0.5, 0.6) is 0 Å². The second-order valence-electron chi connectivity index (χ2n) is 6.76. The lowest BCUT2D eigenvalue weighted by atomic mass is 9.71. The molecule has 2 aliphatic carbocycles. The van der Waals surface area contributed by atoms with Crippen LogP contribution in [0, 0.1) is 11.8 Å². The first-order valence-electron chi connectivity index (χ1n) is 6.66. The molecule has 2 atom stereocenters. The molecule has 16 heavy (non-hydrogen) atoms. The molecule has 0 heterocycles. The summed E-state index contributed by atoms with van der Waals surface area (Å²) in [6, 6.07) is 1.34. The van der Waals surface area contributed by atoms with Gasteiger partial charge in [0.2, 0.25) is 0 Å². The van der Waals surface area contributed by atoms with E-state index in [2.05, 4.69) is 25.7 Å². The van der Waals surface area contributed by atoms with Crippen LogP contribution in [0.2, 0.25) is 25.7 Å². The second kappa shape index (κ2) is 4.48. The van der Waals surface area contributed by atoms with E-state index < -0.39 is 8.07 Å². The van der Waals surface area contributed by atoms with Crippen molar-refractivity contribution in [2.75, 3.05) is 0 Å². The number of allylic oxidation sites excluding steroid dienone is 2. The van der Waals surface area contributed by atoms with Gasteiger partial charge in [-0.1, -0.05) is 31.3 Å². The molecule has 0 amide bonds. The van der Waals surface area contributed by atoms with Crippen molar-refractivity contribution in [3.05, 3.63) is 11.6 Å². The van der Waals surface area contributed by atoms with Crippen molar-refractivity contribution < 1.29 is 4.79 Å². The van der Waals surface area contributed by atoms with Gasteiger partial charge in [-0.25, -0.2) is 0 Å². The van der Waals surface area contributed by atoms with Gasteiger partial charge in [0.15, 0.2) is 0 Å². The Balaban J connectivity index is 2.03. The van der Waals surface area contributed by atoms with E-state index in [1.165, 1.54) is 18.9 Å². The molecular formula is C14H24OSi. The molecule has 2 unspecified atom stereocenters. The summed E-state index contributed by atoms with van der Waals surface area (Å²) in [7, 11) is -0.971. The SMILES string of the molecule is C[Si](C)(C)CC1=CCC2C(=O)CCCC2C1. The lowest BCUT2D eigenvalue weighted by molar-refractivity contribution is -0.126. The van der Waals surface area contributed by atoms with Crippen molar-refractivity contribution in [1.29, 1.82) is 0 Å². The number of Topliss-reactive ketones (excluding diaryl/α,β-unsaturated/α-hetero) is 1. The van der Waals surface area contributed by atoms with Gasteiger partial charge in [0.25, 0.3) is 0 Å². The molecule has 0 radical (unpaired) electrons. The van der Waals surface area contributed by atoms with Crippen molar-refractivity contribution in [1.82, 2.24) is 0 Å². The fourth-order valence-corrected chi connectivity index (χ4v) is 4.95. The third kappa shape index (κ3) is 2.85. The molecule has 0 N–H and O–H groups in total. The summed E-state index contributed by atoms with van der Waals surface area (Å²) >= 11 is 0. The van der Waals surface area contributed by atoms with E-state index >= 15 is 0 Å². The van der Waals surface area contributed by atoms with E-state index in [9.17, 15) is 4.79 Å². The van der Waals surface area contributed by atoms with Gasteiger partial charge in [-0.3, -0.25) is 4.79 Å². The number of carbonyl (C=O) groups excluding carboxylic acids is 1. The van der Waals surface area contributed by atoms with Gasteiger partial charge in [-0.2, -0.15) is 0 Å². The molecule has 2 aliphatic rings. The summed E-state index contributed by atoms with van der Waals surface area (Å²) in [6.45, 7) is 7.31. The molecule has 1 fully saturated rings. The summed E-state index contributed by atoms with van der Waals surface area (Å²) < 4.78 is 0. The maximum Gasteiger partial charge on any atom is 0.136 e. The molecule has 0 spiro atoms. The minimum absolute atomic E-state index is 0.388. The summed E-state index contributed by atoms with van der Waals surface area (Å²) in [6.07, 6.45) is 7.94. The molecule has 1 nitrogen and oxygen atoms in total. The number of rotatable bonds is 2. The van der Waals surface area contributed by atoms with Crippen molar-refractivity contribution in [2.24, 2.45) is 11.8 Å². The quantitative estimate of drug-likeness (QED) is 0.522. The topological polar surface area (TPSA) is 17.1 Å². The van der Waals surface area contributed by atoms with Crippen LogP contribution in [0.1, 0.15) is 32.1 Å². The van der Waals surface area contributed by atoms with Crippen LogP contribution < -0.4 is 0 Å². The summed E-state index contributed by atoms with van der Waals surface area (Å²) in [5.41, 5.74) is 1.66. The number of carbonyl (C=O) groups is 1. The fraction of sp³-hybridized carbons (Fsp3) is 0.786. The Morgan fingerprint density at radius 3 is 2.81 bits per heavy atom. The van der Waals surface area contributed by atoms with E-state index in [4.69, 9.17) is 0 Å². The first-order valence-corrected chi connectivity index (χ1v) is 10.4. The zero-order valence-electron chi connectivity index (χ0n) is 10.9. The molecule has 0 aromatic rings. The summed E-state index contributed by atoms with van der Waals surface area (Å²) in [4.78, 5) is 11.8. The lowest BCUT2D eigenvalue weighted by Gasteiger charge is -2.35. The van der Waals surface area contributed by atoms with Crippen LogP contribution in [0.15, 0.2) is 11.6 Å². The van der Waals surface area contributed by atoms with Crippen LogP contribution in [0.25, 0.3) is 0 Å². The molecule has 0 aromatic carbocycles. The average molecular weight is 236 g/mol. The van der Waals surface area contributed by atoms with Crippen molar-refractivity contribution in [3.63, 3.8) is 0 Å². The first-order chi connectivity index (χ1) is 7.46. The molecular weight excluding hydrogens is 212 g/mol. The highest BCUT2D eigenvalue weighted by atomic mass is 28.3. The van der Waals surface area contributed by atoms with E-state index in [-0.39, 0.29) is 0 Å². The van der Waals surface area contributed by atoms with E-state index in [0.717, 1.165) is 19.3 Å². The first kappa shape index (κ1) is 12.1. The number of fused-ring (bicyclic) bond motifs is 1. The molecule has 0 saturated heterocycles. The standard InChI is InChI=1S/C14H24OSi/c1-16(2,3)10-11-7-8-13-12(9-11)5-4-6-14(13)15/h7,12-13H,4-6,8-10H2,1-3H3. The number of hydrogen-bond donors (Lipinski definition) is 0.